The van der Waals surface area contributed by atoms with Crippen molar-refractivity contribution in [2.24, 2.45) is 0 Å². The lowest BCUT2D eigenvalue weighted by molar-refractivity contribution is -0.123. The number of hydrogen-bond acceptors (Lipinski definition) is 6. The van der Waals surface area contributed by atoms with Crippen LogP contribution in [0.15, 0.2) is 48.5 Å². The minimum Gasteiger partial charge on any atom is -0.487 e. The minimum atomic E-state index is -0.181. The maximum Gasteiger partial charge on any atom is 0.207 e. The summed E-state index contributed by atoms with van der Waals surface area (Å²) in [6.45, 7) is 1.42. The highest BCUT2D eigenvalue weighted by molar-refractivity contribution is 5.81. The van der Waals surface area contributed by atoms with Crippen LogP contribution in [0.4, 0.5) is 0 Å². The van der Waals surface area contributed by atoms with E-state index in [0.717, 1.165) is 0 Å². The molecule has 0 saturated heterocycles. The Morgan fingerprint density at radius 1 is 0.560 bits per heavy atom. The van der Waals surface area contributed by atoms with Crippen LogP contribution in [-0.4, -0.2) is 45.4 Å². The van der Waals surface area contributed by atoms with Gasteiger partial charge in [0.2, 0.25) is 5.78 Å². The Labute approximate surface area is 146 Å². The first-order valence-electron chi connectivity index (χ1n) is 8.11. The summed E-state index contributed by atoms with van der Waals surface area (Å²) in [6.07, 6.45) is 0. The second kappa shape index (κ2) is 8.94. The van der Waals surface area contributed by atoms with Gasteiger partial charge in [0.1, 0.15) is 13.2 Å². The molecule has 0 bridgehead atoms. The Morgan fingerprint density at radius 3 is 1.40 bits per heavy atom. The molecule has 6 nitrogen and oxygen atoms in total. The number of benzene rings is 2. The van der Waals surface area contributed by atoms with E-state index in [0.29, 0.717) is 49.4 Å². The molecule has 1 aliphatic rings. The summed E-state index contributed by atoms with van der Waals surface area (Å²) in [5.74, 6) is 2.01. The molecule has 0 amide bonds. The summed E-state index contributed by atoms with van der Waals surface area (Å²) in [5.41, 5.74) is 0. The van der Waals surface area contributed by atoms with Crippen molar-refractivity contribution >= 4 is 5.78 Å². The molecular weight excluding hydrogens is 324 g/mol. The quantitative estimate of drug-likeness (QED) is 0.732. The standard InChI is InChI=1S/C19H20O6/c20-15-13-24-18-7-3-1-5-16(18)22-11-9-21-10-12-23-17-6-2-4-8-19(17)25-14-15/h1-8H,9-14H2. The highest BCUT2D eigenvalue weighted by Gasteiger charge is 2.11. The number of Topliss-reactive ketones (excluding diaryl/α,β-unsaturated/α-hetero) is 1. The normalized spacial score (nSPS) is 16.2. The number of ether oxygens (including phenoxy) is 5. The third kappa shape index (κ3) is 5.12. The summed E-state index contributed by atoms with van der Waals surface area (Å²) in [7, 11) is 0. The molecule has 0 atom stereocenters. The first-order chi connectivity index (χ1) is 12.3. The van der Waals surface area contributed by atoms with Crippen LogP contribution < -0.4 is 18.9 Å². The van der Waals surface area contributed by atoms with Gasteiger partial charge in [-0.15, -0.1) is 0 Å². The monoisotopic (exact) mass is 344 g/mol. The van der Waals surface area contributed by atoms with Crippen LogP contribution in [0.25, 0.3) is 0 Å². The van der Waals surface area contributed by atoms with E-state index in [9.17, 15) is 4.79 Å². The molecule has 25 heavy (non-hydrogen) atoms. The Bertz CT molecular complexity index is 642. The van der Waals surface area contributed by atoms with Crippen molar-refractivity contribution in [1.82, 2.24) is 0 Å². The average Bonchev–Trinajstić information content (AvgIpc) is 2.64. The van der Waals surface area contributed by atoms with Crippen molar-refractivity contribution < 1.29 is 28.5 Å². The SMILES string of the molecule is O=C1COc2ccccc2OCCOCCOc2ccccc2OC1. The molecule has 3 rings (SSSR count). The van der Waals surface area contributed by atoms with E-state index in [1.807, 2.05) is 24.3 Å². The first-order valence-corrected chi connectivity index (χ1v) is 8.11. The van der Waals surface area contributed by atoms with Gasteiger partial charge in [0.05, 0.1) is 13.2 Å². The van der Waals surface area contributed by atoms with E-state index in [4.69, 9.17) is 23.7 Å². The highest BCUT2D eigenvalue weighted by atomic mass is 16.6. The van der Waals surface area contributed by atoms with Gasteiger partial charge in [0.15, 0.2) is 36.2 Å². The van der Waals surface area contributed by atoms with Gasteiger partial charge >= 0.3 is 0 Å². The fraction of sp³-hybridized carbons (Fsp3) is 0.316. The number of para-hydroxylation sites is 4. The van der Waals surface area contributed by atoms with Crippen LogP contribution in [0.2, 0.25) is 0 Å². The smallest absolute Gasteiger partial charge is 0.207 e. The molecule has 2 aromatic rings. The van der Waals surface area contributed by atoms with E-state index in [1.54, 1.807) is 24.3 Å². The molecule has 1 aliphatic heterocycles. The Hall–Kier alpha value is -2.73. The molecule has 0 spiro atoms. The van der Waals surface area contributed by atoms with Gasteiger partial charge in [-0.25, -0.2) is 0 Å². The molecule has 6 heteroatoms. The van der Waals surface area contributed by atoms with Gasteiger partial charge in [0.25, 0.3) is 0 Å². The summed E-state index contributed by atoms with van der Waals surface area (Å²) in [5, 5.41) is 0. The molecule has 1 heterocycles. The molecule has 0 N–H and O–H groups in total. The largest absolute Gasteiger partial charge is 0.487 e. The maximum absolute atomic E-state index is 12.0. The number of carbonyl (C=O) groups is 1. The molecule has 0 unspecified atom stereocenters. The summed E-state index contributed by atoms with van der Waals surface area (Å²) in [6, 6.07) is 14.4. The predicted molar refractivity (Wildman–Crippen MR) is 90.7 cm³/mol. The highest BCUT2D eigenvalue weighted by Crippen LogP contribution is 2.27. The Kier molecular flexibility index (Phi) is 6.11. The first kappa shape index (κ1) is 17.1. The fourth-order valence-corrected chi connectivity index (χ4v) is 2.26. The third-order valence-electron chi connectivity index (χ3n) is 3.45. The van der Waals surface area contributed by atoms with Crippen LogP contribution >= 0.6 is 0 Å². The van der Waals surface area contributed by atoms with Crippen LogP contribution in [0.3, 0.4) is 0 Å². The maximum atomic E-state index is 12.0. The summed E-state index contributed by atoms with van der Waals surface area (Å²) >= 11 is 0. The van der Waals surface area contributed by atoms with E-state index in [1.165, 1.54) is 0 Å². The second-order valence-corrected chi connectivity index (χ2v) is 5.32. The molecule has 0 radical (unpaired) electrons. The molecule has 132 valence electrons. The lowest BCUT2D eigenvalue weighted by Gasteiger charge is -2.15. The zero-order chi connectivity index (χ0) is 17.3. The summed E-state index contributed by atoms with van der Waals surface area (Å²) in [4.78, 5) is 12.0. The van der Waals surface area contributed by atoms with Crippen molar-refractivity contribution in [1.29, 1.82) is 0 Å². The van der Waals surface area contributed by atoms with Crippen LogP contribution in [0.5, 0.6) is 23.0 Å². The van der Waals surface area contributed by atoms with Crippen molar-refractivity contribution in [2.75, 3.05) is 39.6 Å². The van der Waals surface area contributed by atoms with Crippen molar-refractivity contribution in [3.05, 3.63) is 48.5 Å². The molecule has 0 fully saturated rings. The minimum absolute atomic E-state index is 0.0973. The average molecular weight is 344 g/mol. The number of carbonyl (C=O) groups excluding carboxylic acids is 1. The van der Waals surface area contributed by atoms with Gasteiger partial charge in [0, 0.05) is 0 Å². The fourth-order valence-electron chi connectivity index (χ4n) is 2.26. The Morgan fingerprint density at radius 2 is 0.960 bits per heavy atom. The van der Waals surface area contributed by atoms with Crippen LogP contribution in [0.1, 0.15) is 0 Å². The van der Waals surface area contributed by atoms with Gasteiger partial charge in [-0.3, -0.25) is 4.79 Å². The predicted octanol–water partition coefficient (Wildman–Crippen LogP) is 2.50. The topological polar surface area (TPSA) is 63.2 Å². The van der Waals surface area contributed by atoms with Gasteiger partial charge < -0.3 is 23.7 Å². The van der Waals surface area contributed by atoms with Crippen LogP contribution in [-0.2, 0) is 9.53 Å². The van der Waals surface area contributed by atoms with E-state index >= 15 is 0 Å². The van der Waals surface area contributed by atoms with Crippen LogP contribution in [0, 0.1) is 0 Å². The lowest BCUT2D eigenvalue weighted by atomic mass is 10.3. The number of ketones is 1. The molecular formula is C19H20O6. The number of fused-ring (bicyclic) bond motifs is 2. The lowest BCUT2D eigenvalue weighted by Crippen LogP contribution is -2.20. The molecule has 0 aromatic heterocycles. The van der Waals surface area contributed by atoms with E-state index in [2.05, 4.69) is 0 Å². The number of rotatable bonds is 0. The van der Waals surface area contributed by atoms with E-state index < -0.39 is 0 Å². The summed E-state index contributed by atoms with van der Waals surface area (Å²) < 4.78 is 27.9. The zero-order valence-corrected chi connectivity index (χ0v) is 13.8. The molecule has 2 aromatic carbocycles. The van der Waals surface area contributed by atoms with Crippen molar-refractivity contribution in [3.8, 4) is 23.0 Å². The Balaban J connectivity index is 1.69. The van der Waals surface area contributed by atoms with Gasteiger partial charge in [-0.1, -0.05) is 24.3 Å². The second-order valence-electron chi connectivity index (χ2n) is 5.32. The third-order valence-corrected chi connectivity index (χ3v) is 3.45. The molecule has 0 aliphatic carbocycles. The van der Waals surface area contributed by atoms with Gasteiger partial charge in [-0.2, -0.15) is 0 Å². The van der Waals surface area contributed by atoms with E-state index in [-0.39, 0.29) is 19.0 Å². The van der Waals surface area contributed by atoms with Crippen molar-refractivity contribution in [2.45, 2.75) is 0 Å². The van der Waals surface area contributed by atoms with Crippen molar-refractivity contribution in [3.63, 3.8) is 0 Å². The number of hydrogen-bond donors (Lipinski definition) is 0. The molecule has 0 saturated carbocycles. The zero-order valence-electron chi connectivity index (χ0n) is 13.8. The van der Waals surface area contributed by atoms with Gasteiger partial charge in [-0.05, 0) is 24.3 Å².